The summed E-state index contributed by atoms with van der Waals surface area (Å²) in [4.78, 5) is 0. The number of nitrogens with zero attached hydrogens (tertiary/aromatic N) is 2. The minimum absolute atomic E-state index is 0.0426. The Labute approximate surface area is 89.5 Å². The average Bonchev–Trinajstić information content (AvgIpc) is 2.14. The SMILES string of the molecule is Cc1ccc(NCCSC(F)(F)F)nn1. The molecule has 0 amide bonds. The number of nitrogens with one attached hydrogen (secondary N) is 1. The van der Waals surface area contributed by atoms with E-state index in [0.29, 0.717) is 5.82 Å². The molecule has 0 aliphatic rings. The van der Waals surface area contributed by atoms with Gasteiger partial charge in [0.1, 0.15) is 5.82 Å². The molecule has 0 spiro atoms. The van der Waals surface area contributed by atoms with Crippen molar-refractivity contribution in [3.8, 4) is 0 Å². The van der Waals surface area contributed by atoms with Crippen LogP contribution in [0.5, 0.6) is 0 Å². The topological polar surface area (TPSA) is 37.8 Å². The summed E-state index contributed by atoms with van der Waals surface area (Å²) in [5, 5.41) is 10.3. The second kappa shape index (κ2) is 5.20. The monoisotopic (exact) mass is 237 g/mol. The fraction of sp³-hybridized carbons (Fsp3) is 0.500. The van der Waals surface area contributed by atoms with Crippen molar-refractivity contribution in [1.82, 2.24) is 10.2 Å². The maximum absolute atomic E-state index is 11.7. The van der Waals surface area contributed by atoms with Crippen LogP contribution in [0.1, 0.15) is 5.69 Å². The first kappa shape index (κ1) is 12.1. The predicted octanol–water partition coefficient (Wildman–Crippen LogP) is 2.45. The zero-order chi connectivity index (χ0) is 11.3. The third kappa shape index (κ3) is 5.46. The molecule has 1 aromatic rings. The second-order valence-electron chi connectivity index (χ2n) is 2.78. The number of anilines is 1. The molecule has 0 radical (unpaired) electrons. The van der Waals surface area contributed by atoms with Crippen LogP contribution < -0.4 is 5.32 Å². The maximum atomic E-state index is 11.7. The highest BCUT2D eigenvalue weighted by Gasteiger charge is 2.27. The summed E-state index contributed by atoms with van der Waals surface area (Å²) < 4.78 is 35.2. The van der Waals surface area contributed by atoms with E-state index in [-0.39, 0.29) is 24.1 Å². The summed E-state index contributed by atoms with van der Waals surface area (Å²) in [5.74, 6) is 0.447. The van der Waals surface area contributed by atoms with Gasteiger partial charge in [-0.15, -0.1) is 5.10 Å². The molecule has 0 aliphatic carbocycles. The molecule has 0 saturated heterocycles. The number of thioether (sulfide) groups is 1. The Morgan fingerprint density at radius 1 is 1.33 bits per heavy atom. The summed E-state index contributed by atoms with van der Waals surface area (Å²) in [6.07, 6.45) is 0. The molecule has 0 fully saturated rings. The lowest BCUT2D eigenvalue weighted by atomic mass is 10.4. The highest BCUT2D eigenvalue weighted by Crippen LogP contribution is 2.29. The van der Waals surface area contributed by atoms with Gasteiger partial charge in [-0.05, 0) is 30.8 Å². The van der Waals surface area contributed by atoms with Crippen LogP contribution >= 0.6 is 11.8 Å². The van der Waals surface area contributed by atoms with Crippen LogP contribution in [0.25, 0.3) is 0 Å². The third-order valence-corrected chi connectivity index (χ3v) is 2.21. The molecule has 15 heavy (non-hydrogen) atoms. The molecule has 84 valence electrons. The van der Waals surface area contributed by atoms with E-state index in [1.54, 1.807) is 19.1 Å². The molecule has 0 saturated carbocycles. The summed E-state index contributed by atoms with van der Waals surface area (Å²) in [6.45, 7) is 2.00. The first-order valence-electron chi connectivity index (χ1n) is 4.22. The average molecular weight is 237 g/mol. The van der Waals surface area contributed by atoms with E-state index in [1.807, 2.05) is 0 Å². The van der Waals surface area contributed by atoms with E-state index in [0.717, 1.165) is 5.69 Å². The quantitative estimate of drug-likeness (QED) is 0.816. The van der Waals surface area contributed by atoms with Crippen LogP contribution in [0.3, 0.4) is 0 Å². The highest BCUT2D eigenvalue weighted by molar-refractivity contribution is 8.00. The van der Waals surface area contributed by atoms with E-state index in [1.165, 1.54) is 0 Å². The largest absolute Gasteiger partial charge is 0.441 e. The molecule has 1 rings (SSSR count). The standard InChI is InChI=1S/C8H10F3N3S/c1-6-2-3-7(14-13-6)12-4-5-15-8(9,10)11/h2-3H,4-5H2,1H3,(H,12,14). The molecule has 1 heterocycles. The van der Waals surface area contributed by atoms with Crippen LogP contribution in [0.4, 0.5) is 19.0 Å². The third-order valence-electron chi connectivity index (χ3n) is 1.47. The molecule has 0 aliphatic heterocycles. The van der Waals surface area contributed by atoms with Crippen molar-refractivity contribution in [1.29, 1.82) is 0 Å². The van der Waals surface area contributed by atoms with Gasteiger partial charge < -0.3 is 5.32 Å². The molecule has 1 N–H and O–H groups in total. The van der Waals surface area contributed by atoms with E-state index >= 15 is 0 Å². The number of rotatable bonds is 4. The smallest absolute Gasteiger partial charge is 0.368 e. The summed E-state index contributed by atoms with van der Waals surface area (Å²) in [5.41, 5.74) is -3.40. The molecule has 7 heteroatoms. The first-order chi connectivity index (χ1) is 6.97. The molecular weight excluding hydrogens is 227 g/mol. The van der Waals surface area contributed by atoms with Gasteiger partial charge in [-0.3, -0.25) is 0 Å². The van der Waals surface area contributed by atoms with Crippen molar-refractivity contribution in [3.63, 3.8) is 0 Å². The highest BCUT2D eigenvalue weighted by atomic mass is 32.2. The van der Waals surface area contributed by atoms with Gasteiger partial charge in [-0.25, -0.2) is 0 Å². The normalized spacial score (nSPS) is 11.5. The van der Waals surface area contributed by atoms with Gasteiger partial charge in [0.15, 0.2) is 0 Å². The van der Waals surface area contributed by atoms with Crippen molar-refractivity contribution in [2.24, 2.45) is 0 Å². The Bertz CT molecular complexity index is 299. The van der Waals surface area contributed by atoms with Crippen molar-refractivity contribution in [2.45, 2.75) is 12.4 Å². The zero-order valence-electron chi connectivity index (χ0n) is 8.01. The van der Waals surface area contributed by atoms with E-state index in [2.05, 4.69) is 15.5 Å². The predicted molar refractivity (Wildman–Crippen MR) is 53.8 cm³/mol. The van der Waals surface area contributed by atoms with Crippen LogP contribution in [0.15, 0.2) is 12.1 Å². The van der Waals surface area contributed by atoms with Gasteiger partial charge in [0.25, 0.3) is 0 Å². The summed E-state index contributed by atoms with van der Waals surface area (Å²) >= 11 is -0.0547. The Morgan fingerprint density at radius 3 is 2.60 bits per heavy atom. The number of halogens is 3. The molecule has 0 bridgehead atoms. The number of aromatic nitrogens is 2. The minimum atomic E-state index is -4.17. The van der Waals surface area contributed by atoms with Gasteiger partial charge in [-0.2, -0.15) is 18.3 Å². The van der Waals surface area contributed by atoms with Gasteiger partial charge >= 0.3 is 5.51 Å². The molecule has 1 aromatic heterocycles. The van der Waals surface area contributed by atoms with Gasteiger partial charge in [0.2, 0.25) is 0 Å². The zero-order valence-corrected chi connectivity index (χ0v) is 8.82. The first-order valence-corrected chi connectivity index (χ1v) is 5.21. The van der Waals surface area contributed by atoms with Crippen molar-refractivity contribution in [3.05, 3.63) is 17.8 Å². The van der Waals surface area contributed by atoms with Crippen molar-refractivity contribution in [2.75, 3.05) is 17.6 Å². The van der Waals surface area contributed by atoms with Crippen LogP contribution in [0.2, 0.25) is 0 Å². The molecule has 0 aromatic carbocycles. The van der Waals surface area contributed by atoms with Crippen LogP contribution in [0, 0.1) is 6.92 Å². The number of hydrogen-bond donors (Lipinski definition) is 1. The Kier molecular flexibility index (Phi) is 4.19. The van der Waals surface area contributed by atoms with Crippen molar-refractivity contribution < 1.29 is 13.2 Å². The number of alkyl halides is 3. The lowest BCUT2D eigenvalue weighted by molar-refractivity contribution is -0.0327. The van der Waals surface area contributed by atoms with E-state index in [4.69, 9.17) is 0 Å². The lowest BCUT2D eigenvalue weighted by Crippen LogP contribution is -2.10. The maximum Gasteiger partial charge on any atom is 0.441 e. The second-order valence-corrected chi connectivity index (χ2v) is 3.94. The van der Waals surface area contributed by atoms with Gasteiger partial charge in [0.05, 0.1) is 5.69 Å². The van der Waals surface area contributed by atoms with Crippen LogP contribution in [-0.2, 0) is 0 Å². The Balaban J connectivity index is 2.23. The van der Waals surface area contributed by atoms with Crippen LogP contribution in [-0.4, -0.2) is 28.0 Å². The fourth-order valence-corrected chi connectivity index (χ4v) is 1.27. The Morgan fingerprint density at radius 2 is 2.07 bits per heavy atom. The summed E-state index contributed by atoms with van der Waals surface area (Å²) in [6, 6.07) is 3.42. The fourth-order valence-electron chi connectivity index (χ4n) is 0.839. The lowest BCUT2D eigenvalue weighted by Gasteiger charge is -2.06. The molecular formula is C8H10F3N3S. The summed E-state index contributed by atoms with van der Waals surface area (Å²) in [7, 11) is 0. The molecule has 0 atom stereocenters. The van der Waals surface area contributed by atoms with E-state index < -0.39 is 5.51 Å². The number of hydrogen-bond acceptors (Lipinski definition) is 4. The van der Waals surface area contributed by atoms with Gasteiger partial charge in [0, 0.05) is 12.3 Å². The molecule has 0 unspecified atom stereocenters. The van der Waals surface area contributed by atoms with E-state index in [9.17, 15) is 13.2 Å². The molecule has 3 nitrogen and oxygen atoms in total. The Hall–Kier alpha value is -0.980. The van der Waals surface area contributed by atoms with Crippen molar-refractivity contribution >= 4 is 17.6 Å². The van der Waals surface area contributed by atoms with Gasteiger partial charge in [-0.1, -0.05) is 0 Å². The minimum Gasteiger partial charge on any atom is -0.368 e. The number of aryl methyl sites for hydroxylation is 1.